The number of hydrogen-bond donors (Lipinski definition) is 0. The van der Waals surface area contributed by atoms with Gasteiger partial charge in [0, 0.05) is 5.56 Å². The van der Waals surface area contributed by atoms with Gasteiger partial charge in [-0.25, -0.2) is 4.79 Å². The molecule has 1 aromatic carbocycles. The average molecular weight is 187 g/mol. The van der Waals surface area contributed by atoms with Gasteiger partial charge in [-0.3, -0.25) is 0 Å². The lowest BCUT2D eigenvalue weighted by Crippen LogP contribution is -1.97. The zero-order valence-electron chi connectivity index (χ0n) is 7.78. The van der Waals surface area contributed by atoms with Crippen molar-refractivity contribution < 1.29 is 9.53 Å². The Kier molecular flexibility index (Phi) is 1.97. The zero-order chi connectivity index (χ0) is 10.1. The van der Waals surface area contributed by atoms with E-state index in [1.807, 2.05) is 25.1 Å². The van der Waals surface area contributed by atoms with Gasteiger partial charge < -0.3 is 4.74 Å². The summed E-state index contributed by atoms with van der Waals surface area (Å²) in [5.74, 6) is -0.319. The molecule has 1 heterocycles. The monoisotopic (exact) mass is 187 g/mol. The predicted molar refractivity (Wildman–Crippen MR) is 49.6 cm³/mol. The summed E-state index contributed by atoms with van der Waals surface area (Å²) < 4.78 is 5.07. The first-order valence-electron chi connectivity index (χ1n) is 4.41. The van der Waals surface area contributed by atoms with E-state index in [9.17, 15) is 4.79 Å². The second-order valence-electron chi connectivity index (χ2n) is 3.35. The molecule has 1 aromatic rings. The lowest BCUT2D eigenvalue weighted by Gasteiger charge is -2.05. The molecule has 0 N–H and O–H groups in total. The highest BCUT2D eigenvalue weighted by Gasteiger charge is 2.30. The lowest BCUT2D eigenvalue weighted by molar-refractivity contribution is 0.0395. The number of aryl methyl sites for hydroxylation is 1. The minimum Gasteiger partial charge on any atom is -0.453 e. The maximum absolute atomic E-state index is 11.3. The van der Waals surface area contributed by atoms with Crippen LogP contribution >= 0.6 is 0 Å². The van der Waals surface area contributed by atoms with Crippen molar-refractivity contribution in [1.29, 1.82) is 5.26 Å². The molecular weight excluding hydrogens is 178 g/mol. The molecule has 14 heavy (non-hydrogen) atoms. The Balaban J connectivity index is 2.46. The molecule has 0 amide bonds. The van der Waals surface area contributed by atoms with E-state index in [1.165, 1.54) is 0 Å². The minimum atomic E-state index is -0.373. The van der Waals surface area contributed by atoms with Crippen LogP contribution in [0.4, 0.5) is 0 Å². The second kappa shape index (κ2) is 3.15. The summed E-state index contributed by atoms with van der Waals surface area (Å²) in [6.07, 6.45) is -0.148. The fourth-order valence-corrected chi connectivity index (χ4v) is 1.63. The van der Waals surface area contributed by atoms with E-state index in [-0.39, 0.29) is 18.5 Å². The Morgan fingerprint density at radius 1 is 1.57 bits per heavy atom. The van der Waals surface area contributed by atoms with E-state index in [0.717, 1.165) is 11.1 Å². The molecule has 0 fully saturated rings. The Labute approximate surface area is 81.9 Å². The standard InChI is InChI=1S/C11H9NO2/c1-7-2-3-8-9(6-7)10(4-5-12)14-11(8)13/h2-3,6,10H,4H2,1H3/t10-/m0/s1. The molecule has 70 valence electrons. The van der Waals surface area contributed by atoms with E-state index in [4.69, 9.17) is 10.00 Å². The van der Waals surface area contributed by atoms with Gasteiger partial charge in [-0.1, -0.05) is 17.7 Å². The lowest BCUT2D eigenvalue weighted by atomic mass is 10.0. The third-order valence-electron chi connectivity index (χ3n) is 2.30. The van der Waals surface area contributed by atoms with Crippen molar-refractivity contribution in [2.45, 2.75) is 19.4 Å². The van der Waals surface area contributed by atoms with Crippen LogP contribution in [0.25, 0.3) is 0 Å². The van der Waals surface area contributed by atoms with Crippen LogP contribution in [0.5, 0.6) is 0 Å². The first-order valence-corrected chi connectivity index (χ1v) is 4.41. The Bertz CT molecular complexity index is 431. The number of cyclic esters (lactones) is 1. The molecule has 1 atom stereocenters. The zero-order valence-corrected chi connectivity index (χ0v) is 7.78. The fourth-order valence-electron chi connectivity index (χ4n) is 1.63. The highest BCUT2D eigenvalue weighted by Crippen LogP contribution is 2.33. The van der Waals surface area contributed by atoms with Crippen molar-refractivity contribution in [3.8, 4) is 6.07 Å². The van der Waals surface area contributed by atoms with Gasteiger partial charge in [0.15, 0.2) is 0 Å². The molecule has 0 saturated carbocycles. The first kappa shape index (κ1) is 8.76. The fraction of sp³-hybridized carbons (Fsp3) is 0.273. The van der Waals surface area contributed by atoms with Crippen LogP contribution in [0, 0.1) is 18.3 Å². The minimum absolute atomic E-state index is 0.224. The molecule has 0 bridgehead atoms. The quantitative estimate of drug-likeness (QED) is 0.633. The molecular formula is C11H9NO2. The van der Waals surface area contributed by atoms with Crippen LogP contribution in [0.1, 0.15) is 34.0 Å². The van der Waals surface area contributed by atoms with Crippen molar-refractivity contribution in [3.05, 3.63) is 34.9 Å². The average Bonchev–Trinajstić information content (AvgIpc) is 2.44. The number of carbonyl (C=O) groups is 1. The van der Waals surface area contributed by atoms with Gasteiger partial charge in [-0.05, 0) is 13.0 Å². The van der Waals surface area contributed by atoms with Gasteiger partial charge in [-0.15, -0.1) is 0 Å². The van der Waals surface area contributed by atoms with Crippen LogP contribution in [-0.2, 0) is 4.74 Å². The second-order valence-corrected chi connectivity index (χ2v) is 3.35. The van der Waals surface area contributed by atoms with Gasteiger partial charge in [0.25, 0.3) is 0 Å². The van der Waals surface area contributed by atoms with Gasteiger partial charge in [0.2, 0.25) is 0 Å². The topological polar surface area (TPSA) is 50.1 Å². The van der Waals surface area contributed by atoms with Crippen molar-refractivity contribution >= 4 is 5.97 Å². The molecule has 0 unspecified atom stereocenters. The number of benzene rings is 1. The molecule has 1 aliphatic heterocycles. The summed E-state index contributed by atoms with van der Waals surface area (Å²) in [6.45, 7) is 1.95. The highest BCUT2D eigenvalue weighted by atomic mass is 16.5. The molecule has 0 spiro atoms. The third-order valence-corrected chi connectivity index (χ3v) is 2.30. The van der Waals surface area contributed by atoms with E-state index in [2.05, 4.69) is 0 Å². The van der Waals surface area contributed by atoms with Crippen molar-refractivity contribution in [1.82, 2.24) is 0 Å². The highest BCUT2D eigenvalue weighted by molar-refractivity contribution is 5.94. The summed E-state index contributed by atoms with van der Waals surface area (Å²) in [4.78, 5) is 11.3. The molecule has 3 heteroatoms. The van der Waals surface area contributed by atoms with E-state index >= 15 is 0 Å². The number of nitriles is 1. The molecule has 0 aliphatic carbocycles. The molecule has 0 radical (unpaired) electrons. The van der Waals surface area contributed by atoms with Crippen LogP contribution in [-0.4, -0.2) is 5.97 Å². The molecule has 0 saturated heterocycles. The van der Waals surface area contributed by atoms with Crippen LogP contribution in [0.3, 0.4) is 0 Å². The summed E-state index contributed by atoms with van der Waals surface area (Å²) in [5, 5.41) is 8.57. The van der Waals surface area contributed by atoms with Crippen molar-refractivity contribution in [3.63, 3.8) is 0 Å². The summed E-state index contributed by atoms with van der Waals surface area (Å²) in [7, 11) is 0. The largest absolute Gasteiger partial charge is 0.453 e. The summed E-state index contributed by atoms with van der Waals surface area (Å²) in [6, 6.07) is 7.54. The maximum atomic E-state index is 11.3. The number of carbonyl (C=O) groups excluding carboxylic acids is 1. The van der Waals surface area contributed by atoms with E-state index in [1.54, 1.807) is 6.07 Å². The number of rotatable bonds is 1. The van der Waals surface area contributed by atoms with Gasteiger partial charge in [0.05, 0.1) is 18.1 Å². The first-order chi connectivity index (χ1) is 6.72. The van der Waals surface area contributed by atoms with E-state index in [0.29, 0.717) is 5.56 Å². The Morgan fingerprint density at radius 2 is 2.36 bits per heavy atom. The smallest absolute Gasteiger partial charge is 0.339 e. The van der Waals surface area contributed by atoms with E-state index < -0.39 is 0 Å². The third kappa shape index (κ3) is 1.25. The molecule has 0 aromatic heterocycles. The Hall–Kier alpha value is -1.82. The van der Waals surface area contributed by atoms with Crippen LogP contribution in [0.2, 0.25) is 0 Å². The number of ether oxygens (including phenoxy) is 1. The molecule has 3 nitrogen and oxygen atoms in total. The summed E-state index contributed by atoms with van der Waals surface area (Å²) >= 11 is 0. The summed E-state index contributed by atoms with van der Waals surface area (Å²) in [5.41, 5.74) is 2.51. The van der Waals surface area contributed by atoms with Crippen molar-refractivity contribution in [2.75, 3.05) is 0 Å². The van der Waals surface area contributed by atoms with Crippen LogP contribution in [0.15, 0.2) is 18.2 Å². The molecule has 2 rings (SSSR count). The number of nitrogens with zero attached hydrogens (tertiary/aromatic N) is 1. The van der Waals surface area contributed by atoms with Gasteiger partial charge >= 0.3 is 5.97 Å². The molecule has 1 aliphatic rings. The van der Waals surface area contributed by atoms with Crippen LogP contribution < -0.4 is 0 Å². The predicted octanol–water partition coefficient (Wildman–Crippen LogP) is 2.12. The van der Waals surface area contributed by atoms with Crippen molar-refractivity contribution in [2.24, 2.45) is 0 Å². The van der Waals surface area contributed by atoms with Gasteiger partial charge in [0.1, 0.15) is 6.10 Å². The maximum Gasteiger partial charge on any atom is 0.339 e. The number of fused-ring (bicyclic) bond motifs is 1. The Morgan fingerprint density at radius 3 is 3.07 bits per heavy atom. The number of hydrogen-bond acceptors (Lipinski definition) is 3. The normalized spacial score (nSPS) is 18.6. The van der Waals surface area contributed by atoms with Gasteiger partial charge in [-0.2, -0.15) is 5.26 Å². The number of esters is 1. The SMILES string of the molecule is Cc1ccc2c(c1)[C@H](CC#N)OC2=O.